The van der Waals surface area contributed by atoms with Crippen molar-refractivity contribution in [2.75, 3.05) is 0 Å². The molecular formula is C2H4O5P3+. The first kappa shape index (κ1) is 9.96. The smallest absolute Gasteiger partial charge is 0.247 e. The van der Waals surface area contributed by atoms with E-state index in [1.807, 2.05) is 0 Å². The molecule has 0 aromatic rings. The van der Waals surface area contributed by atoms with Crippen LogP contribution in [0, 0.1) is 0 Å². The third kappa shape index (κ3) is 6.09. The Morgan fingerprint density at radius 2 is 1.40 bits per heavy atom. The summed E-state index contributed by atoms with van der Waals surface area (Å²) >= 11 is 0. The van der Waals surface area contributed by atoms with E-state index in [0.29, 0.717) is 0 Å². The van der Waals surface area contributed by atoms with Crippen molar-refractivity contribution >= 4 is 36.2 Å². The Balaban J connectivity index is 3.88. The van der Waals surface area contributed by atoms with Crippen LogP contribution in [0.5, 0.6) is 0 Å². The van der Waals surface area contributed by atoms with E-state index >= 15 is 0 Å². The summed E-state index contributed by atoms with van der Waals surface area (Å²) in [5.74, 6) is 0. The Hall–Kier alpha value is -0.0400. The quantitative estimate of drug-likeness (QED) is 0.650. The maximum Gasteiger partial charge on any atom is 0.720 e. The molecule has 0 aliphatic rings. The first-order valence-electron chi connectivity index (χ1n) is 1.91. The van der Waals surface area contributed by atoms with Crippen LogP contribution in [0.4, 0.5) is 0 Å². The lowest BCUT2D eigenvalue weighted by molar-refractivity contribution is 0.428. The number of rotatable bonds is 4. The van der Waals surface area contributed by atoms with Gasteiger partial charge in [-0.3, -0.25) is 0 Å². The first-order chi connectivity index (χ1) is 4.52. The van der Waals surface area contributed by atoms with Crippen LogP contribution in [0.3, 0.4) is 0 Å². The normalized spacial score (nSPS) is 14.2. The minimum atomic E-state index is -2.60. The molecule has 10 heavy (non-hydrogen) atoms. The molecule has 2 unspecified atom stereocenters. The van der Waals surface area contributed by atoms with Crippen LogP contribution in [-0.4, -0.2) is 12.6 Å². The van der Waals surface area contributed by atoms with Gasteiger partial charge in [0.25, 0.3) is 15.3 Å². The van der Waals surface area contributed by atoms with E-state index in [9.17, 15) is 13.7 Å². The largest absolute Gasteiger partial charge is 0.720 e. The lowest BCUT2D eigenvalue weighted by atomic mass is 12.0. The van der Waals surface area contributed by atoms with Gasteiger partial charge in [-0.1, -0.05) is 0 Å². The van der Waals surface area contributed by atoms with E-state index in [1.165, 1.54) is 0 Å². The zero-order valence-electron chi connectivity index (χ0n) is 4.80. The monoisotopic (exact) mass is 201 g/mol. The fourth-order valence-corrected chi connectivity index (χ4v) is 1.74. The summed E-state index contributed by atoms with van der Waals surface area (Å²) in [5, 5.41) is 0. The van der Waals surface area contributed by atoms with Gasteiger partial charge in [-0.15, -0.1) is 0 Å². The second-order valence-electron chi connectivity index (χ2n) is 1.05. The maximum absolute atomic E-state index is 10.3. The average Bonchev–Trinajstić information content (AvgIpc) is 1.58. The number of hydrogen-bond donors (Lipinski definition) is 0. The highest BCUT2D eigenvalue weighted by atomic mass is 31.2. The second-order valence-corrected chi connectivity index (χ2v) is 4.14. The molecule has 0 spiro atoms. The fraction of sp³-hybridized carbons (Fsp3) is 0. The molecule has 0 heterocycles. The summed E-state index contributed by atoms with van der Waals surface area (Å²) in [5.41, 5.74) is 0. The minimum absolute atomic E-state index is 2.24. The van der Waals surface area contributed by atoms with Crippen molar-refractivity contribution < 1.29 is 22.3 Å². The minimum Gasteiger partial charge on any atom is -0.247 e. The van der Waals surface area contributed by atoms with Crippen molar-refractivity contribution in [1.82, 2.24) is 0 Å². The lowest BCUT2D eigenvalue weighted by Crippen LogP contribution is -1.59. The number of hydrogen-bond acceptors (Lipinski definition) is 5. The Labute approximate surface area is 59.3 Å². The second kappa shape index (κ2) is 4.73. The Kier molecular flexibility index (Phi) is 4.71. The SMILES string of the molecule is C=P(=O)O[P+](=O)OP(=C)=O. The van der Waals surface area contributed by atoms with E-state index in [0.717, 1.165) is 0 Å². The van der Waals surface area contributed by atoms with Crippen molar-refractivity contribution in [2.24, 2.45) is 0 Å². The molecule has 0 aromatic heterocycles. The topological polar surface area (TPSA) is 69.7 Å². The first-order valence-corrected chi connectivity index (χ1v) is 5.73. The molecule has 2 atom stereocenters. The molecule has 8 heteroatoms. The van der Waals surface area contributed by atoms with Crippen molar-refractivity contribution in [3.05, 3.63) is 0 Å². The van der Waals surface area contributed by atoms with Gasteiger partial charge in [-0.05, 0) is 21.2 Å². The van der Waals surface area contributed by atoms with Gasteiger partial charge < -0.3 is 0 Å². The summed E-state index contributed by atoms with van der Waals surface area (Å²) in [6, 6.07) is 0. The van der Waals surface area contributed by atoms with Crippen LogP contribution in [0.25, 0.3) is 0 Å². The molecule has 0 aromatic carbocycles. The summed E-state index contributed by atoms with van der Waals surface area (Å²) in [4.78, 5) is 0. The van der Waals surface area contributed by atoms with Crippen LogP contribution >= 0.6 is 23.6 Å². The highest BCUT2D eigenvalue weighted by Gasteiger charge is 2.22. The van der Waals surface area contributed by atoms with Gasteiger partial charge in [0.1, 0.15) is 0 Å². The molecule has 0 saturated carbocycles. The standard InChI is InChI=1S/C2H4O5P3/c1-8(3)6-10(5)7-9(2)4/h1-2H2/q+1. The third-order valence-electron chi connectivity index (χ3n) is 0.315. The van der Waals surface area contributed by atoms with Crippen LogP contribution in [0.1, 0.15) is 0 Å². The van der Waals surface area contributed by atoms with Crippen LogP contribution in [0.15, 0.2) is 0 Å². The molecule has 0 radical (unpaired) electrons. The summed E-state index contributed by atoms with van der Waals surface area (Å²) in [7, 11) is -7.07. The summed E-state index contributed by atoms with van der Waals surface area (Å²) < 4.78 is 38.5. The van der Waals surface area contributed by atoms with Gasteiger partial charge in [-0.2, -0.15) is 0 Å². The zero-order valence-corrected chi connectivity index (χ0v) is 7.48. The van der Waals surface area contributed by atoms with E-state index in [1.54, 1.807) is 0 Å². The molecule has 56 valence electrons. The zero-order chi connectivity index (χ0) is 8.15. The van der Waals surface area contributed by atoms with E-state index in [4.69, 9.17) is 0 Å². The van der Waals surface area contributed by atoms with Gasteiger partial charge >= 0.3 is 8.25 Å². The van der Waals surface area contributed by atoms with Gasteiger partial charge in [0.05, 0.1) is 0 Å². The van der Waals surface area contributed by atoms with Crippen LogP contribution in [-0.2, 0) is 22.3 Å². The van der Waals surface area contributed by atoms with Crippen molar-refractivity contribution in [3.8, 4) is 0 Å². The van der Waals surface area contributed by atoms with Crippen molar-refractivity contribution in [2.45, 2.75) is 0 Å². The summed E-state index contributed by atoms with van der Waals surface area (Å²) in [6.07, 6.45) is 5.79. The predicted molar refractivity (Wildman–Crippen MR) is 39.2 cm³/mol. The van der Waals surface area contributed by atoms with Crippen LogP contribution < -0.4 is 0 Å². The molecule has 0 N–H and O–H groups in total. The van der Waals surface area contributed by atoms with Gasteiger partial charge in [-0.25, -0.2) is 9.13 Å². The third-order valence-corrected chi connectivity index (χ3v) is 2.84. The summed E-state index contributed by atoms with van der Waals surface area (Å²) in [6.45, 7) is 0. The molecule has 0 amide bonds. The Morgan fingerprint density at radius 3 is 1.60 bits per heavy atom. The van der Waals surface area contributed by atoms with Gasteiger partial charge in [0.2, 0.25) is 0 Å². The lowest BCUT2D eigenvalue weighted by Gasteiger charge is -1.70. The Bertz CT molecular complexity index is 218. The van der Waals surface area contributed by atoms with Gasteiger partial charge in [0, 0.05) is 4.57 Å². The maximum atomic E-state index is 10.3. The van der Waals surface area contributed by atoms with Gasteiger partial charge in [0.15, 0.2) is 0 Å². The average molecular weight is 201 g/mol. The van der Waals surface area contributed by atoms with Crippen LogP contribution in [0.2, 0.25) is 0 Å². The molecule has 5 nitrogen and oxygen atoms in total. The molecular weight excluding hydrogens is 197 g/mol. The predicted octanol–water partition coefficient (Wildman–Crippen LogP) is 2.03. The molecule has 0 aliphatic heterocycles. The van der Waals surface area contributed by atoms with E-state index in [-0.39, 0.29) is 0 Å². The highest BCUT2D eigenvalue weighted by Crippen LogP contribution is 2.37. The van der Waals surface area contributed by atoms with E-state index in [2.05, 4.69) is 21.2 Å². The van der Waals surface area contributed by atoms with E-state index < -0.39 is 23.6 Å². The molecule has 0 fully saturated rings. The Morgan fingerprint density at radius 1 is 1.10 bits per heavy atom. The molecule has 0 rings (SSSR count). The molecule has 0 saturated heterocycles. The molecule has 0 bridgehead atoms. The highest BCUT2D eigenvalue weighted by molar-refractivity contribution is 7.55. The fourth-order valence-electron chi connectivity index (χ4n) is 0.164. The van der Waals surface area contributed by atoms with Crippen molar-refractivity contribution in [3.63, 3.8) is 0 Å². The van der Waals surface area contributed by atoms with Crippen molar-refractivity contribution in [1.29, 1.82) is 0 Å². The molecule has 0 aliphatic carbocycles.